The number of nitrogens with zero attached hydrogens (tertiary/aromatic N) is 4. The third-order valence-electron chi connectivity index (χ3n) is 6.32. The van der Waals surface area contributed by atoms with Gasteiger partial charge < -0.3 is 10.1 Å². The van der Waals surface area contributed by atoms with Crippen LogP contribution in [-0.2, 0) is 0 Å². The van der Waals surface area contributed by atoms with Crippen LogP contribution >= 0.6 is 0 Å². The molecule has 5 rings (SSSR count). The minimum absolute atomic E-state index is 0.000680. The maximum absolute atomic E-state index is 14.7. The first-order valence-corrected chi connectivity index (χ1v) is 11.5. The van der Waals surface area contributed by atoms with Crippen molar-refractivity contribution in [3.05, 3.63) is 87.0 Å². The molecule has 7 nitrogen and oxygen atoms in total. The highest BCUT2D eigenvalue weighted by Crippen LogP contribution is 2.34. The molecule has 1 fully saturated rings. The van der Waals surface area contributed by atoms with E-state index in [9.17, 15) is 13.6 Å². The monoisotopic (exact) mass is 487 g/mol. The summed E-state index contributed by atoms with van der Waals surface area (Å²) in [5.74, 6) is -2.03. The average Bonchev–Trinajstić information content (AvgIpc) is 3.37. The Balaban J connectivity index is 1.89. The zero-order valence-corrected chi connectivity index (χ0v) is 20.0. The SMILES string of the molecule is [C-]#[N+]c1cc(-c2cc(C)nc(C)c2)c2nc(C3CCCN3)n(-c3cc(F)c(OC)c(F)c3)c(=O)c2c1. The zero-order valence-electron chi connectivity index (χ0n) is 20.0. The molecule has 36 heavy (non-hydrogen) atoms. The molecular weight excluding hydrogens is 464 g/mol. The smallest absolute Gasteiger partial charge is 0.264 e. The molecule has 0 spiro atoms. The fourth-order valence-corrected chi connectivity index (χ4v) is 4.83. The molecule has 0 bridgehead atoms. The number of ether oxygens (including phenoxy) is 1. The van der Waals surface area contributed by atoms with Crippen molar-refractivity contribution >= 4 is 16.6 Å². The largest absolute Gasteiger partial charge is 0.491 e. The van der Waals surface area contributed by atoms with Gasteiger partial charge in [0.1, 0.15) is 5.82 Å². The maximum Gasteiger partial charge on any atom is 0.264 e. The molecule has 0 aliphatic carbocycles. The molecule has 1 aliphatic heterocycles. The first kappa shape index (κ1) is 23.6. The second kappa shape index (κ2) is 9.13. The summed E-state index contributed by atoms with van der Waals surface area (Å²) in [4.78, 5) is 26.9. The number of halogens is 2. The summed E-state index contributed by atoms with van der Waals surface area (Å²) in [7, 11) is 1.18. The lowest BCUT2D eigenvalue weighted by molar-refractivity contribution is 0.359. The Labute approximate surface area is 206 Å². The second-order valence-corrected chi connectivity index (χ2v) is 8.84. The molecule has 1 aliphatic rings. The van der Waals surface area contributed by atoms with Gasteiger partial charge in [-0.3, -0.25) is 14.3 Å². The van der Waals surface area contributed by atoms with E-state index in [1.165, 1.54) is 17.7 Å². The Bertz CT molecular complexity index is 1570. The molecule has 0 saturated carbocycles. The van der Waals surface area contributed by atoms with Crippen LogP contribution in [0.4, 0.5) is 14.5 Å². The average molecular weight is 488 g/mol. The van der Waals surface area contributed by atoms with Gasteiger partial charge in [-0.05, 0) is 68.6 Å². The molecule has 1 unspecified atom stereocenters. The van der Waals surface area contributed by atoms with Crippen molar-refractivity contribution < 1.29 is 13.5 Å². The summed E-state index contributed by atoms with van der Waals surface area (Å²) in [6.45, 7) is 12.1. The summed E-state index contributed by atoms with van der Waals surface area (Å²) in [6.07, 6.45) is 1.58. The van der Waals surface area contributed by atoms with Crippen molar-refractivity contribution in [1.82, 2.24) is 19.9 Å². The second-order valence-electron chi connectivity index (χ2n) is 8.84. The van der Waals surface area contributed by atoms with Gasteiger partial charge in [0.15, 0.2) is 23.1 Å². The molecule has 1 N–H and O–H groups in total. The number of fused-ring (bicyclic) bond motifs is 1. The third kappa shape index (κ3) is 3.99. The van der Waals surface area contributed by atoms with E-state index in [-0.39, 0.29) is 22.8 Å². The van der Waals surface area contributed by atoms with Crippen molar-refractivity contribution in [3.63, 3.8) is 0 Å². The molecule has 1 saturated heterocycles. The molecule has 182 valence electrons. The minimum atomic E-state index is -0.928. The van der Waals surface area contributed by atoms with Gasteiger partial charge in [-0.25, -0.2) is 18.6 Å². The highest BCUT2D eigenvalue weighted by molar-refractivity contribution is 5.96. The predicted molar refractivity (Wildman–Crippen MR) is 133 cm³/mol. The van der Waals surface area contributed by atoms with E-state index in [2.05, 4.69) is 15.1 Å². The highest BCUT2D eigenvalue weighted by Gasteiger charge is 2.26. The van der Waals surface area contributed by atoms with Crippen LogP contribution in [0.3, 0.4) is 0 Å². The predicted octanol–water partition coefficient (Wildman–Crippen LogP) is 5.33. The van der Waals surface area contributed by atoms with E-state index in [0.717, 1.165) is 42.0 Å². The van der Waals surface area contributed by atoms with Crippen LogP contribution in [-0.4, -0.2) is 28.2 Å². The molecule has 2 aromatic heterocycles. The number of hydrogen-bond acceptors (Lipinski definition) is 5. The lowest BCUT2D eigenvalue weighted by Gasteiger charge is -2.20. The zero-order chi connectivity index (χ0) is 25.6. The summed E-state index contributed by atoms with van der Waals surface area (Å²) >= 11 is 0. The Morgan fingerprint density at radius 3 is 2.36 bits per heavy atom. The van der Waals surface area contributed by atoms with Crippen LogP contribution in [0.1, 0.15) is 36.1 Å². The molecular formula is C27H23F2N5O2. The van der Waals surface area contributed by atoms with Gasteiger partial charge in [0.05, 0.1) is 36.3 Å². The Hall–Kier alpha value is -4.16. The van der Waals surface area contributed by atoms with Crippen molar-refractivity contribution in [2.75, 3.05) is 13.7 Å². The highest BCUT2D eigenvalue weighted by atomic mass is 19.1. The molecule has 0 amide bonds. The summed E-state index contributed by atoms with van der Waals surface area (Å²) in [6, 6.07) is 8.77. The van der Waals surface area contributed by atoms with E-state index in [1.54, 1.807) is 6.07 Å². The number of nitrogens with one attached hydrogen (secondary N) is 1. The lowest BCUT2D eigenvalue weighted by atomic mass is 10.0. The molecule has 2 aromatic carbocycles. The Morgan fingerprint density at radius 1 is 1.08 bits per heavy atom. The van der Waals surface area contributed by atoms with Gasteiger partial charge in [0.2, 0.25) is 0 Å². The van der Waals surface area contributed by atoms with E-state index in [0.29, 0.717) is 23.3 Å². The van der Waals surface area contributed by atoms with Crippen molar-refractivity contribution in [3.8, 4) is 22.6 Å². The Kier molecular flexibility index (Phi) is 5.98. The van der Waals surface area contributed by atoms with Crippen molar-refractivity contribution in [2.24, 2.45) is 0 Å². The quantitative estimate of drug-likeness (QED) is 0.394. The number of benzene rings is 2. The van der Waals surface area contributed by atoms with Gasteiger partial charge >= 0.3 is 0 Å². The molecule has 4 aromatic rings. The molecule has 1 atom stereocenters. The van der Waals surface area contributed by atoms with Crippen LogP contribution in [0.15, 0.2) is 41.2 Å². The number of pyridine rings is 1. The van der Waals surface area contributed by atoms with Crippen LogP contribution in [0.25, 0.3) is 32.6 Å². The molecule has 3 heterocycles. The number of hydrogen-bond donors (Lipinski definition) is 1. The van der Waals surface area contributed by atoms with Crippen molar-refractivity contribution in [2.45, 2.75) is 32.7 Å². The van der Waals surface area contributed by atoms with Gasteiger partial charge in [-0.1, -0.05) is 0 Å². The maximum atomic E-state index is 14.7. The number of aromatic nitrogens is 3. The van der Waals surface area contributed by atoms with Gasteiger partial charge in [0, 0.05) is 23.5 Å². The van der Waals surface area contributed by atoms with E-state index in [1.807, 2.05) is 26.0 Å². The van der Waals surface area contributed by atoms with Gasteiger partial charge in [-0.2, -0.15) is 0 Å². The van der Waals surface area contributed by atoms with E-state index >= 15 is 0 Å². The third-order valence-corrected chi connectivity index (χ3v) is 6.32. The lowest BCUT2D eigenvalue weighted by Crippen LogP contribution is -2.29. The summed E-state index contributed by atoms with van der Waals surface area (Å²) in [5, 5.41) is 3.52. The van der Waals surface area contributed by atoms with E-state index < -0.39 is 22.9 Å². The molecule has 0 radical (unpaired) electrons. The first-order valence-electron chi connectivity index (χ1n) is 11.5. The number of rotatable bonds is 4. The number of methoxy groups -OCH3 is 1. The topological polar surface area (TPSA) is 73.4 Å². The Morgan fingerprint density at radius 2 is 1.78 bits per heavy atom. The van der Waals surface area contributed by atoms with Crippen LogP contribution in [0.2, 0.25) is 0 Å². The standard InChI is InChI=1S/C27H23F2N5O2/c1-14-8-16(9-15(2)32-14)19-10-17(30-3)11-20-24(19)33-26(23-6-5-7-31-23)34(27(20)35)18-12-21(28)25(36-4)22(29)13-18/h8-13,23,31H,5-7H2,1-2,4H3. The number of aryl methyl sites for hydroxylation is 2. The van der Waals surface area contributed by atoms with Crippen LogP contribution in [0, 0.1) is 32.1 Å². The molecule has 9 heteroatoms. The normalized spacial score (nSPS) is 15.3. The first-order chi connectivity index (χ1) is 17.3. The van der Waals surface area contributed by atoms with Gasteiger partial charge in [0.25, 0.3) is 5.56 Å². The van der Waals surface area contributed by atoms with E-state index in [4.69, 9.17) is 16.3 Å². The summed E-state index contributed by atoms with van der Waals surface area (Å²) < 4.78 is 35.4. The van der Waals surface area contributed by atoms with Crippen LogP contribution < -0.4 is 15.6 Å². The minimum Gasteiger partial charge on any atom is -0.491 e. The fraction of sp³-hybridized carbons (Fsp3) is 0.259. The van der Waals surface area contributed by atoms with Crippen LogP contribution in [0.5, 0.6) is 5.75 Å². The van der Waals surface area contributed by atoms with Crippen molar-refractivity contribution in [1.29, 1.82) is 0 Å². The summed E-state index contributed by atoms with van der Waals surface area (Å²) in [5.41, 5.74) is 3.17. The van der Waals surface area contributed by atoms with Gasteiger partial charge in [-0.15, -0.1) is 0 Å². The fourth-order valence-electron chi connectivity index (χ4n) is 4.83.